The van der Waals surface area contributed by atoms with Crippen molar-refractivity contribution in [3.05, 3.63) is 59.4 Å². The molecule has 8 heteroatoms. The second-order valence-corrected chi connectivity index (χ2v) is 6.67. The monoisotopic (exact) mass is 391 g/mol. The number of carbonyl (C=O) groups excluding carboxylic acids is 2. The van der Waals surface area contributed by atoms with E-state index in [-0.39, 0.29) is 22.7 Å². The summed E-state index contributed by atoms with van der Waals surface area (Å²) in [4.78, 5) is 30.8. The average molecular weight is 391 g/mol. The number of nitrogens with one attached hydrogen (secondary N) is 1. The molecule has 1 aliphatic heterocycles. The number of benzene rings is 1. The van der Waals surface area contributed by atoms with Gasteiger partial charge in [-0.2, -0.15) is 13.2 Å². The van der Waals surface area contributed by atoms with Crippen LogP contribution in [0.5, 0.6) is 0 Å². The lowest BCUT2D eigenvalue weighted by atomic mass is 10.1. The third-order valence-corrected chi connectivity index (χ3v) is 4.62. The molecule has 1 saturated heterocycles. The number of nitrogens with zero attached hydrogens (tertiary/aromatic N) is 2. The van der Waals surface area contributed by atoms with Gasteiger partial charge in [0.1, 0.15) is 0 Å². The summed E-state index contributed by atoms with van der Waals surface area (Å²) in [6.45, 7) is 1.29. The Kier molecular flexibility index (Phi) is 5.96. The summed E-state index contributed by atoms with van der Waals surface area (Å²) in [5, 5.41) is 2.27. The largest absolute Gasteiger partial charge is 0.418 e. The number of rotatable bonds is 3. The van der Waals surface area contributed by atoms with Gasteiger partial charge in [0.25, 0.3) is 11.8 Å². The first-order valence-corrected chi connectivity index (χ1v) is 9.08. The van der Waals surface area contributed by atoms with E-state index in [9.17, 15) is 22.8 Å². The summed E-state index contributed by atoms with van der Waals surface area (Å²) in [5.74, 6) is -0.977. The number of pyridine rings is 1. The van der Waals surface area contributed by atoms with Crippen molar-refractivity contribution in [2.24, 2.45) is 0 Å². The summed E-state index contributed by atoms with van der Waals surface area (Å²) in [5.41, 5.74) is -1.01. The summed E-state index contributed by atoms with van der Waals surface area (Å²) in [7, 11) is 0. The SMILES string of the molecule is O=C(Nc1ccccc1C(F)(F)F)c1cncc(C(=O)N2CCCCCC2)c1. The van der Waals surface area contributed by atoms with Crippen molar-refractivity contribution in [3.63, 3.8) is 0 Å². The number of amides is 2. The van der Waals surface area contributed by atoms with Gasteiger partial charge < -0.3 is 10.2 Å². The molecule has 1 fully saturated rings. The highest BCUT2D eigenvalue weighted by atomic mass is 19.4. The number of anilines is 1. The smallest absolute Gasteiger partial charge is 0.339 e. The maximum atomic E-state index is 13.1. The molecule has 2 aromatic rings. The lowest BCUT2D eigenvalue weighted by Crippen LogP contribution is -2.32. The standard InChI is InChI=1S/C20H20F3N3O2/c21-20(22,23)16-7-3-4-8-17(16)25-18(27)14-11-15(13-24-12-14)19(28)26-9-5-1-2-6-10-26/h3-4,7-8,11-13H,1-2,5-6,9-10H2,(H,25,27). The minimum atomic E-state index is -4.59. The van der Waals surface area contributed by atoms with Crippen LogP contribution in [-0.2, 0) is 6.18 Å². The molecule has 1 aromatic carbocycles. The Bertz CT molecular complexity index is 860. The van der Waals surface area contributed by atoms with Gasteiger partial charge in [-0.3, -0.25) is 14.6 Å². The zero-order valence-corrected chi connectivity index (χ0v) is 15.1. The van der Waals surface area contributed by atoms with E-state index in [2.05, 4.69) is 10.3 Å². The molecule has 1 N–H and O–H groups in total. The highest BCUT2D eigenvalue weighted by molar-refractivity contribution is 6.06. The van der Waals surface area contributed by atoms with E-state index >= 15 is 0 Å². The Balaban J connectivity index is 1.79. The number of para-hydroxylation sites is 1. The van der Waals surface area contributed by atoms with Crippen LogP contribution < -0.4 is 5.32 Å². The molecule has 0 spiro atoms. The highest BCUT2D eigenvalue weighted by Crippen LogP contribution is 2.34. The molecule has 0 radical (unpaired) electrons. The van der Waals surface area contributed by atoms with Crippen molar-refractivity contribution < 1.29 is 22.8 Å². The molecule has 0 bridgehead atoms. The molecule has 2 amide bonds. The number of alkyl halides is 3. The molecule has 3 rings (SSSR count). The predicted octanol–water partition coefficient (Wildman–Crippen LogP) is 4.37. The minimum Gasteiger partial charge on any atom is -0.339 e. The van der Waals surface area contributed by atoms with Crippen molar-refractivity contribution in [2.75, 3.05) is 18.4 Å². The number of hydrogen-bond acceptors (Lipinski definition) is 3. The van der Waals surface area contributed by atoms with Crippen LogP contribution in [-0.4, -0.2) is 34.8 Å². The zero-order chi connectivity index (χ0) is 20.1. The molecular weight excluding hydrogens is 371 g/mol. The Morgan fingerprint density at radius 1 is 0.964 bits per heavy atom. The molecule has 0 atom stereocenters. The van der Waals surface area contributed by atoms with Gasteiger partial charge in [-0.05, 0) is 31.0 Å². The molecule has 28 heavy (non-hydrogen) atoms. The van der Waals surface area contributed by atoms with Crippen molar-refractivity contribution >= 4 is 17.5 Å². The van der Waals surface area contributed by atoms with Gasteiger partial charge in [0.15, 0.2) is 0 Å². The first-order chi connectivity index (χ1) is 13.4. The first-order valence-electron chi connectivity index (χ1n) is 9.08. The predicted molar refractivity (Wildman–Crippen MR) is 98.0 cm³/mol. The van der Waals surface area contributed by atoms with Gasteiger partial charge in [-0.1, -0.05) is 25.0 Å². The third kappa shape index (κ3) is 4.68. The number of halogens is 3. The number of likely N-dealkylation sites (tertiary alicyclic amines) is 1. The number of hydrogen-bond donors (Lipinski definition) is 1. The van der Waals surface area contributed by atoms with Crippen molar-refractivity contribution in [2.45, 2.75) is 31.9 Å². The maximum absolute atomic E-state index is 13.1. The van der Waals surface area contributed by atoms with Crippen LogP contribution >= 0.6 is 0 Å². The summed E-state index contributed by atoms with van der Waals surface area (Å²) in [6, 6.07) is 6.10. The second kappa shape index (κ2) is 8.41. The van der Waals surface area contributed by atoms with E-state index in [1.807, 2.05) is 0 Å². The van der Waals surface area contributed by atoms with Gasteiger partial charge in [0.2, 0.25) is 0 Å². The minimum absolute atomic E-state index is 0.0256. The third-order valence-electron chi connectivity index (χ3n) is 4.62. The molecule has 0 saturated carbocycles. The van der Waals surface area contributed by atoms with Crippen LogP contribution in [0.3, 0.4) is 0 Å². The molecule has 0 aliphatic carbocycles. The molecule has 148 valence electrons. The van der Waals surface area contributed by atoms with Gasteiger partial charge >= 0.3 is 6.18 Å². The highest BCUT2D eigenvalue weighted by Gasteiger charge is 2.33. The zero-order valence-electron chi connectivity index (χ0n) is 15.1. The van der Waals surface area contributed by atoms with Crippen molar-refractivity contribution in [1.29, 1.82) is 0 Å². The van der Waals surface area contributed by atoms with E-state index < -0.39 is 17.6 Å². The fourth-order valence-electron chi connectivity index (χ4n) is 3.17. The van der Waals surface area contributed by atoms with Gasteiger partial charge in [0.05, 0.1) is 22.4 Å². The maximum Gasteiger partial charge on any atom is 0.418 e. The van der Waals surface area contributed by atoms with E-state index in [4.69, 9.17) is 0 Å². The van der Waals surface area contributed by atoms with Crippen LogP contribution in [0.4, 0.5) is 18.9 Å². The summed E-state index contributed by atoms with van der Waals surface area (Å²) >= 11 is 0. The van der Waals surface area contributed by atoms with E-state index in [0.29, 0.717) is 13.1 Å². The van der Waals surface area contributed by atoms with E-state index in [1.165, 1.54) is 36.7 Å². The molecular formula is C20H20F3N3O2. The average Bonchev–Trinajstić information content (AvgIpc) is 2.96. The lowest BCUT2D eigenvalue weighted by Gasteiger charge is -2.20. The van der Waals surface area contributed by atoms with Crippen LogP contribution in [0.15, 0.2) is 42.7 Å². The van der Waals surface area contributed by atoms with Crippen LogP contribution in [0.2, 0.25) is 0 Å². The summed E-state index contributed by atoms with van der Waals surface area (Å²) in [6.07, 6.45) is 2.00. The second-order valence-electron chi connectivity index (χ2n) is 6.67. The molecule has 1 aromatic heterocycles. The first kappa shape index (κ1) is 19.9. The Labute approximate surface area is 160 Å². The molecule has 0 unspecified atom stereocenters. The van der Waals surface area contributed by atoms with Crippen molar-refractivity contribution in [1.82, 2.24) is 9.88 Å². The number of carbonyl (C=O) groups is 2. The fourth-order valence-corrected chi connectivity index (χ4v) is 3.17. The number of aromatic nitrogens is 1. The quantitative estimate of drug-likeness (QED) is 0.845. The van der Waals surface area contributed by atoms with Gasteiger partial charge in [-0.15, -0.1) is 0 Å². The summed E-state index contributed by atoms with van der Waals surface area (Å²) < 4.78 is 39.3. The fraction of sp³-hybridized carbons (Fsp3) is 0.350. The normalized spacial score (nSPS) is 15.0. The van der Waals surface area contributed by atoms with Crippen LogP contribution in [0, 0.1) is 0 Å². The molecule has 1 aliphatic rings. The van der Waals surface area contributed by atoms with E-state index in [1.54, 1.807) is 4.90 Å². The van der Waals surface area contributed by atoms with Gasteiger partial charge in [0, 0.05) is 25.5 Å². The topological polar surface area (TPSA) is 62.3 Å². The van der Waals surface area contributed by atoms with Crippen molar-refractivity contribution in [3.8, 4) is 0 Å². The molecule has 5 nitrogen and oxygen atoms in total. The van der Waals surface area contributed by atoms with Crippen LogP contribution in [0.25, 0.3) is 0 Å². The lowest BCUT2D eigenvalue weighted by molar-refractivity contribution is -0.136. The van der Waals surface area contributed by atoms with E-state index in [0.717, 1.165) is 31.7 Å². The Hall–Kier alpha value is -2.90. The van der Waals surface area contributed by atoms with Crippen LogP contribution in [0.1, 0.15) is 52.0 Å². The Morgan fingerprint density at radius 3 is 2.29 bits per heavy atom. The Morgan fingerprint density at radius 2 is 1.61 bits per heavy atom. The molecule has 2 heterocycles. The van der Waals surface area contributed by atoms with Gasteiger partial charge in [-0.25, -0.2) is 0 Å².